The van der Waals surface area contributed by atoms with Crippen molar-refractivity contribution in [1.29, 1.82) is 0 Å². The summed E-state index contributed by atoms with van der Waals surface area (Å²) in [7, 11) is 1.75. The number of aromatic nitrogens is 2. The molecule has 1 aromatic heterocycles. The molecular weight excluding hydrogens is 254 g/mol. The minimum Gasteiger partial charge on any atom is -0.381 e. The number of nitrogens with zero attached hydrogens (tertiary/aromatic N) is 2. The molecule has 13 heavy (non-hydrogen) atoms. The summed E-state index contributed by atoms with van der Waals surface area (Å²) in [6.45, 7) is 0. The predicted octanol–water partition coefficient (Wildman–Crippen LogP) is 1.89. The van der Waals surface area contributed by atoms with Crippen molar-refractivity contribution >= 4 is 32.4 Å². The minimum absolute atomic E-state index is 0.425. The Morgan fingerprint density at radius 2 is 2.31 bits per heavy atom. The molecule has 1 aromatic rings. The molecule has 0 atom stereocenters. The van der Waals surface area contributed by atoms with Crippen molar-refractivity contribution in [2.75, 3.05) is 12.4 Å². The zero-order valence-corrected chi connectivity index (χ0v) is 9.56. The monoisotopic (exact) mass is 263 g/mol. The fourth-order valence-electron chi connectivity index (χ4n) is 1.31. The van der Waals surface area contributed by atoms with Gasteiger partial charge in [0.25, 0.3) is 0 Å². The van der Waals surface area contributed by atoms with Gasteiger partial charge in [-0.2, -0.15) is 0 Å². The van der Waals surface area contributed by atoms with Crippen molar-refractivity contribution in [3.63, 3.8) is 0 Å². The lowest BCUT2D eigenvalue weighted by Gasteiger charge is -2.34. The van der Waals surface area contributed by atoms with E-state index in [4.69, 9.17) is 4.74 Å². The normalized spacial score (nSPS) is 26.9. The first-order valence-electron chi connectivity index (χ1n) is 4.06. The lowest BCUT2D eigenvalue weighted by Crippen LogP contribution is -2.40. The van der Waals surface area contributed by atoms with Gasteiger partial charge in [-0.15, -0.1) is 10.2 Å². The Labute approximate surface area is 88.8 Å². The van der Waals surface area contributed by atoms with Crippen LogP contribution in [0.2, 0.25) is 0 Å². The molecule has 0 unspecified atom stereocenters. The summed E-state index contributed by atoms with van der Waals surface area (Å²) < 4.78 is 5.99. The van der Waals surface area contributed by atoms with E-state index in [0.29, 0.717) is 12.1 Å². The maximum Gasteiger partial charge on any atom is 0.206 e. The average molecular weight is 264 g/mol. The highest BCUT2D eigenvalue weighted by Gasteiger charge is 2.29. The van der Waals surface area contributed by atoms with Crippen LogP contribution < -0.4 is 5.32 Å². The van der Waals surface area contributed by atoms with Crippen molar-refractivity contribution < 1.29 is 4.74 Å². The number of anilines is 1. The quantitative estimate of drug-likeness (QED) is 0.905. The fraction of sp³-hybridized carbons (Fsp3) is 0.714. The Morgan fingerprint density at radius 1 is 1.54 bits per heavy atom. The summed E-state index contributed by atoms with van der Waals surface area (Å²) in [6.07, 6.45) is 2.55. The lowest BCUT2D eigenvalue weighted by atomic mass is 9.89. The van der Waals surface area contributed by atoms with Gasteiger partial charge in [-0.1, -0.05) is 11.3 Å². The van der Waals surface area contributed by atoms with Crippen LogP contribution in [0.15, 0.2) is 3.92 Å². The van der Waals surface area contributed by atoms with Crippen LogP contribution in [-0.4, -0.2) is 29.5 Å². The van der Waals surface area contributed by atoms with E-state index in [1.807, 2.05) is 0 Å². The van der Waals surface area contributed by atoms with E-state index in [0.717, 1.165) is 21.9 Å². The summed E-state index contributed by atoms with van der Waals surface area (Å²) >= 11 is 4.78. The minimum atomic E-state index is 0.425. The number of hydrogen-bond acceptors (Lipinski definition) is 5. The molecule has 72 valence electrons. The number of hydrogen-bond donors (Lipinski definition) is 1. The van der Waals surface area contributed by atoms with Gasteiger partial charge in [-0.05, 0) is 28.8 Å². The highest BCUT2D eigenvalue weighted by Crippen LogP contribution is 2.28. The zero-order valence-electron chi connectivity index (χ0n) is 7.16. The van der Waals surface area contributed by atoms with Gasteiger partial charge in [-0.3, -0.25) is 0 Å². The molecule has 0 saturated heterocycles. The van der Waals surface area contributed by atoms with Crippen LogP contribution in [0.25, 0.3) is 0 Å². The van der Waals surface area contributed by atoms with Crippen LogP contribution >= 0.6 is 27.3 Å². The van der Waals surface area contributed by atoms with E-state index < -0.39 is 0 Å². The van der Waals surface area contributed by atoms with E-state index in [2.05, 4.69) is 31.4 Å². The molecule has 2 rings (SSSR count). The molecule has 1 N–H and O–H groups in total. The Kier molecular flexibility index (Phi) is 2.80. The molecule has 1 aliphatic carbocycles. The first-order chi connectivity index (χ1) is 6.28. The third kappa shape index (κ3) is 2.18. The van der Waals surface area contributed by atoms with Crippen molar-refractivity contribution in [2.45, 2.75) is 25.0 Å². The maximum atomic E-state index is 5.18. The van der Waals surface area contributed by atoms with Crippen LogP contribution in [0.1, 0.15) is 12.8 Å². The van der Waals surface area contributed by atoms with E-state index >= 15 is 0 Å². The second kappa shape index (κ2) is 3.89. The second-order valence-electron chi connectivity index (χ2n) is 3.03. The third-order valence-corrected chi connectivity index (χ3v) is 3.44. The SMILES string of the molecule is COC1CC(Nc2nnc(Br)s2)C1. The van der Waals surface area contributed by atoms with E-state index in [1.54, 1.807) is 7.11 Å². The van der Waals surface area contributed by atoms with Gasteiger partial charge in [0.15, 0.2) is 3.92 Å². The Hall–Kier alpha value is -0.200. The molecule has 0 aromatic carbocycles. The number of methoxy groups -OCH3 is 1. The predicted molar refractivity (Wildman–Crippen MR) is 55.1 cm³/mol. The molecule has 0 amide bonds. The van der Waals surface area contributed by atoms with Gasteiger partial charge in [0, 0.05) is 13.2 Å². The first kappa shape index (κ1) is 9.36. The van der Waals surface area contributed by atoms with E-state index in [9.17, 15) is 0 Å². The van der Waals surface area contributed by atoms with Crippen LogP contribution in [0.5, 0.6) is 0 Å². The number of rotatable bonds is 3. The van der Waals surface area contributed by atoms with Gasteiger partial charge in [0.1, 0.15) is 0 Å². The fourth-order valence-corrected chi connectivity index (χ4v) is 2.40. The van der Waals surface area contributed by atoms with Crippen LogP contribution in [0, 0.1) is 0 Å². The van der Waals surface area contributed by atoms with E-state index in [-0.39, 0.29) is 0 Å². The third-order valence-electron chi connectivity index (χ3n) is 2.16. The van der Waals surface area contributed by atoms with Gasteiger partial charge < -0.3 is 10.1 Å². The van der Waals surface area contributed by atoms with Crippen LogP contribution in [-0.2, 0) is 4.74 Å². The molecule has 1 fully saturated rings. The zero-order chi connectivity index (χ0) is 9.26. The Balaban J connectivity index is 1.81. The highest BCUT2D eigenvalue weighted by atomic mass is 79.9. The maximum absolute atomic E-state index is 5.18. The van der Waals surface area contributed by atoms with Gasteiger partial charge in [0.05, 0.1) is 6.10 Å². The van der Waals surface area contributed by atoms with Crippen LogP contribution in [0.4, 0.5) is 5.13 Å². The Bertz CT molecular complexity index is 287. The van der Waals surface area contributed by atoms with Gasteiger partial charge in [0.2, 0.25) is 5.13 Å². The van der Waals surface area contributed by atoms with Crippen molar-refractivity contribution in [3.8, 4) is 0 Å². The summed E-state index contributed by atoms with van der Waals surface area (Å²) in [5.41, 5.74) is 0. The highest BCUT2D eigenvalue weighted by molar-refractivity contribution is 9.11. The molecule has 1 saturated carbocycles. The molecular formula is C7H10BrN3OS. The number of nitrogens with one attached hydrogen (secondary N) is 1. The van der Waals surface area contributed by atoms with Crippen LogP contribution in [0.3, 0.4) is 0 Å². The molecule has 0 spiro atoms. The molecule has 1 aliphatic rings. The van der Waals surface area contributed by atoms with Crippen molar-refractivity contribution in [1.82, 2.24) is 10.2 Å². The molecule has 0 bridgehead atoms. The summed E-state index contributed by atoms with van der Waals surface area (Å²) in [5.74, 6) is 0. The van der Waals surface area contributed by atoms with E-state index in [1.165, 1.54) is 11.3 Å². The second-order valence-corrected chi connectivity index (χ2v) is 5.28. The molecule has 6 heteroatoms. The Morgan fingerprint density at radius 3 is 2.85 bits per heavy atom. The van der Waals surface area contributed by atoms with Gasteiger partial charge >= 0.3 is 0 Å². The summed E-state index contributed by atoms with van der Waals surface area (Å²) in [4.78, 5) is 0. The average Bonchev–Trinajstić information content (AvgIpc) is 2.43. The molecule has 0 radical (unpaired) electrons. The lowest BCUT2D eigenvalue weighted by molar-refractivity contribution is 0.0328. The molecule has 0 aliphatic heterocycles. The standard InChI is InChI=1S/C7H10BrN3OS/c1-12-5-2-4(3-5)9-7-11-10-6(8)13-7/h4-5H,2-3H2,1H3,(H,9,11). The number of ether oxygens (including phenoxy) is 1. The van der Waals surface area contributed by atoms with Gasteiger partial charge in [-0.25, -0.2) is 0 Å². The smallest absolute Gasteiger partial charge is 0.206 e. The molecule has 4 nitrogen and oxygen atoms in total. The largest absolute Gasteiger partial charge is 0.381 e. The summed E-state index contributed by atoms with van der Waals surface area (Å²) in [5, 5.41) is 12.0. The first-order valence-corrected chi connectivity index (χ1v) is 5.67. The molecule has 1 heterocycles. The topological polar surface area (TPSA) is 47.0 Å². The summed E-state index contributed by atoms with van der Waals surface area (Å²) in [6, 6.07) is 0.504. The van der Waals surface area contributed by atoms with Crippen molar-refractivity contribution in [3.05, 3.63) is 3.92 Å². The van der Waals surface area contributed by atoms with Crippen molar-refractivity contribution in [2.24, 2.45) is 0 Å². The number of halogens is 1.